The Balaban J connectivity index is 2.13. The van der Waals surface area contributed by atoms with Crippen LogP contribution in [-0.4, -0.2) is 19.2 Å². The Morgan fingerprint density at radius 1 is 1.28 bits per heavy atom. The SMILES string of the molecule is COc1cccc(CNc2nc(C)cs2)c1OC. The van der Waals surface area contributed by atoms with Gasteiger partial charge in [-0.1, -0.05) is 12.1 Å². The van der Waals surface area contributed by atoms with Gasteiger partial charge < -0.3 is 14.8 Å². The number of rotatable bonds is 5. The zero-order chi connectivity index (χ0) is 13.0. The number of ether oxygens (including phenoxy) is 2. The zero-order valence-electron chi connectivity index (χ0n) is 10.7. The molecule has 0 saturated heterocycles. The predicted octanol–water partition coefficient (Wildman–Crippen LogP) is 3.08. The monoisotopic (exact) mass is 264 g/mol. The number of benzene rings is 1. The number of nitrogens with zero attached hydrogens (tertiary/aromatic N) is 1. The third kappa shape index (κ3) is 2.73. The van der Waals surface area contributed by atoms with E-state index in [0.717, 1.165) is 27.9 Å². The predicted molar refractivity (Wildman–Crippen MR) is 73.7 cm³/mol. The molecule has 0 aliphatic carbocycles. The van der Waals surface area contributed by atoms with Crippen molar-refractivity contribution in [3.05, 3.63) is 34.8 Å². The third-order valence-corrected chi connectivity index (χ3v) is 3.45. The highest BCUT2D eigenvalue weighted by Gasteiger charge is 2.09. The maximum absolute atomic E-state index is 5.38. The molecule has 18 heavy (non-hydrogen) atoms. The fraction of sp³-hybridized carbons (Fsp3) is 0.308. The van der Waals surface area contributed by atoms with Crippen LogP contribution in [0.4, 0.5) is 5.13 Å². The van der Waals surface area contributed by atoms with Crippen LogP contribution in [0, 0.1) is 6.92 Å². The van der Waals surface area contributed by atoms with Gasteiger partial charge in [-0.15, -0.1) is 11.3 Å². The molecule has 96 valence electrons. The number of anilines is 1. The average Bonchev–Trinajstić information content (AvgIpc) is 2.81. The number of para-hydroxylation sites is 1. The molecule has 4 nitrogen and oxygen atoms in total. The first-order valence-electron chi connectivity index (χ1n) is 5.60. The van der Waals surface area contributed by atoms with Crippen molar-refractivity contribution in [2.24, 2.45) is 0 Å². The van der Waals surface area contributed by atoms with E-state index in [2.05, 4.69) is 10.3 Å². The molecular formula is C13H16N2O2S. The Kier molecular flexibility index (Phi) is 4.04. The van der Waals surface area contributed by atoms with Crippen LogP contribution in [0.5, 0.6) is 11.5 Å². The number of hydrogen-bond acceptors (Lipinski definition) is 5. The van der Waals surface area contributed by atoms with Gasteiger partial charge in [0.15, 0.2) is 16.6 Å². The van der Waals surface area contributed by atoms with Crippen LogP contribution in [0.25, 0.3) is 0 Å². The normalized spacial score (nSPS) is 10.2. The number of methoxy groups -OCH3 is 2. The molecule has 0 bridgehead atoms. The minimum atomic E-state index is 0.660. The third-order valence-electron chi connectivity index (χ3n) is 2.53. The second kappa shape index (κ2) is 5.73. The van der Waals surface area contributed by atoms with Gasteiger partial charge in [0.2, 0.25) is 0 Å². The Bertz CT molecular complexity index is 525. The summed E-state index contributed by atoms with van der Waals surface area (Å²) in [6.07, 6.45) is 0. The lowest BCUT2D eigenvalue weighted by molar-refractivity contribution is 0.352. The van der Waals surface area contributed by atoms with Crippen molar-refractivity contribution in [3.8, 4) is 11.5 Å². The lowest BCUT2D eigenvalue weighted by Crippen LogP contribution is -2.02. The van der Waals surface area contributed by atoms with Crippen LogP contribution in [-0.2, 0) is 6.54 Å². The first-order valence-corrected chi connectivity index (χ1v) is 6.48. The van der Waals surface area contributed by atoms with Gasteiger partial charge in [-0.2, -0.15) is 0 Å². The van der Waals surface area contributed by atoms with Gasteiger partial charge in [-0.25, -0.2) is 4.98 Å². The van der Waals surface area contributed by atoms with E-state index < -0.39 is 0 Å². The van der Waals surface area contributed by atoms with Crippen molar-refractivity contribution in [1.82, 2.24) is 4.98 Å². The summed E-state index contributed by atoms with van der Waals surface area (Å²) in [5.74, 6) is 1.51. The summed E-state index contributed by atoms with van der Waals surface area (Å²) < 4.78 is 10.6. The molecule has 0 aliphatic heterocycles. The molecule has 2 rings (SSSR count). The maximum Gasteiger partial charge on any atom is 0.183 e. The fourth-order valence-electron chi connectivity index (χ4n) is 1.70. The van der Waals surface area contributed by atoms with Crippen LogP contribution in [0.1, 0.15) is 11.3 Å². The molecule has 0 fully saturated rings. The lowest BCUT2D eigenvalue weighted by atomic mass is 10.2. The molecule has 0 spiro atoms. The number of aromatic nitrogens is 1. The minimum absolute atomic E-state index is 0.660. The van der Waals surface area contributed by atoms with Gasteiger partial charge in [0.1, 0.15) is 0 Å². The molecule has 0 unspecified atom stereocenters. The molecule has 0 radical (unpaired) electrons. The molecule has 0 aliphatic rings. The van der Waals surface area contributed by atoms with E-state index >= 15 is 0 Å². The molecule has 1 aromatic heterocycles. The van der Waals surface area contributed by atoms with Gasteiger partial charge in [0.25, 0.3) is 0 Å². The van der Waals surface area contributed by atoms with Gasteiger partial charge in [-0.3, -0.25) is 0 Å². The van der Waals surface area contributed by atoms with E-state index in [1.807, 2.05) is 30.5 Å². The van der Waals surface area contributed by atoms with Crippen molar-refractivity contribution in [2.45, 2.75) is 13.5 Å². The van der Waals surface area contributed by atoms with Crippen molar-refractivity contribution < 1.29 is 9.47 Å². The molecule has 1 heterocycles. The van der Waals surface area contributed by atoms with E-state index in [1.165, 1.54) is 0 Å². The first-order chi connectivity index (χ1) is 8.74. The van der Waals surface area contributed by atoms with E-state index in [1.54, 1.807) is 25.6 Å². The van der Waals surface area contributed by atoms with E-state index in [4.69, 9.17) is 9.47 Å². The van der Waals surface area contributed by atoms with Crippen molar-refractivity contribution in [3.63, 3.8) is 0 Å². The summed E-state index contributed by atoms with van der Waals surface area (Å²) in [5, 5.41) is 6.21. The van der Waals surface area contributed by atoms with Crippen LogP contribution >= 0.6 is 11.3 Å². The quantitative estimate of drug-likeness (QED) is 0.901. The van der Waals surface area contributed by atoms with Crippen molar-refractivity contribution >= 4 is 16.5 Å². The Labute approximate surface area is 111 Å². The summed E-state index contributed by atoms with van der Waals surface area (Å²) in [6, 6.07) is 5.84. The zero-order valence-corrected chi connectivity index (χ0v) is 11.5. The van der Waals surface area contributed by atoms with Crippen LogP contribution in [0.15, 0.2) is 23.6 Å². The molecular weight excluding hydrogens is 248 g/mol. The second-order valence-electron chi connectivity index (χ2n) is 3.80. The van der Waals surface area contributed by atoms with Gasteiger partial charge in [-0.05, 0) is 13.0 Å². The van der Waals surface area contributed by atoms with Gasteiger partial charge in [0.05, 0.1) is 19.9 Å². The van der Waals surface area contributed by atoms with Crippen molar-refractivity contribution in [1.29, 1.82) is 0 Å². The summed E-state index contributed by atoms with van der Waals surface area (Å²) in [4.78, 5) is 4.36. The molecule has 0 amide bonds. The molecule has 0 saturated carbocycles. The van der Waals surface area contributed by atoms with Crippen LogP contribution in [0.2, 0.25) is 0 Å². The Morgan fingerprint density at radius 3 is 2.72 bits per heavy atom. The maximum atomic E-state index is 5.38. The Hall–Kier alpha value is -1.75. The number of nitrogens with one attached hydrogen (secondary N) is 1. The summed E-state index contributed by atoms with van der Waals surface area (Å²) in [6.45, 7) is 2.64. The van der Waals surface area contributed by atoms with E-state index in [9.17, 15) is 0 Å². The Morgan fingerprint density at radius 2 is 2.11 bits per heavy atom. The van der Waals surface area contributed by atoms with Crippen LogP contribution < -0.4 is 14.8 Å². The highest BCUT2D eigenvalue weighted by molar-refractivity contribution is 7.13. The number of aryl methyl sites for hydroxylation is 1. The van der Waals surface area contributed by atoms with Gasteiger partial charge >= 0.3 is 0 Å². The standard InChI is InChI=1S/C13H16N2O2S/c1-9-8-18-13(15-9)14-7-10-5-4-6-11(16-2)12(10)17-3/h4-6,8H,7H2,1-3H3,(H,14,15). The summed E-state index contributed by atoms with van der Waals surface area (Å²) >= 11 is 1.60. The lowest BCUT2D eigenvalue weighted by Gasteiger charge is -2.12. The summed E-state index contributed by atoms with van der Waals surface area (Å²) in [5.41, 5.74) is 2.07. The van der Waals surface area contributed by atoms with E-state index in [0.29, 0.717) is 6.54 Å². The average molecular weight is 264 g/mol. The number of thiazole rings is 1. The fourth-order valence-corrected chi connectivity index (χ4v) is 2.39. The number of hydrogen-bond donors (Lipinski definition) is 1. The van der Waals surface area contributed by atoms with Crippen LogP contribution in [0.3, 0.4) is 0 Å². The van der Waals surface area contributed by atoms with Gasteiger partial charge in [0, 0.05) is 17.5 Å². The molecule has 1 aromatic carbocycles. The largest absolute Gasteiger partial charge is 0.493 e. The highest BCUT2D eigenvalue weighted by Crippen LogP contribution is 2.31. The molecule has 0 atom stereocenters. The first kappa shape index (κ1) is 12.7. The highest BCUT2D eigenvalue weighted by atomic mass is 32.1. The molecule has 5 heteroatoms. The van der Waals surface area contributed by atoms with E-state index in [-0.39, 0.29) is 0 Å². The molecule has 2 aromatic rings. The van der Waals surface area contributed by atoms with Crippen molar-refractivity contribution in [2.75, 3.05) is 19.5 Å². The topological polar surface area (TPSA) is 43.4 Å². The second-order valence-corrected chi connectivity index (χ2v) is 4.66. The summed E-state index contributed by atoms with van der Waals surface area (Å²) in [7, 11) is 3.29. The minimum Gasteiger partial charge on any atom is -0.493 e. The smallest absolute Gasteiger partial charge is 0.183 e. The molecule has 1 N–H and O–H groups in total.